The molecule has 0 fully saturated rings. The molecule has 0 spiro atoms. The van der Waals surface area contributed by atoms with Crippen LogP contribution in [0.25, 0.3) is 0 Å². The Labute approximate surface area is 99.4 Å². The fourth-order valence-electron chi connectivity index (χ4n) is 1.94. The summed E-state index contributed by atoms with van der Waals surface area (Å²) in [6.07, 6.45) is 1.67. The van der Waals surface area contributed by atoms with Crippen molar-refractivity contribution >= 4 is 17.5 Å². The van der Waals surface area contributed by atoms with Gasteiger partial charge in [-0.1, -0.05) is 13.3 Å². The second-order valence-corrected chi connectivity index (χ2v) is 3.97. The molecule has 0 atom stereocenters. The lowest BCUT2D eigenvalue weighted by Gasteiger charge is -2.02. The van der Waals surface area contributed by atoms with E-state index in [1.807, 2.05) is 13.8 Å². The van der Waals surface area contributed by atoms with Crippen LogP contribution in [0.3, 0.4) is 0 Å². The number of hydrogen-bond acceptors (Lipinski definition) is 3. The summed E-state index contributed by atoms with van der Waals surface area (Å²) in [7, 11) is 0. The maximum absolute atomic E-state index is 11.9. The van der Waals surface area contributed by atoms with Crippen molar-refractivity contribution < 1.29 is 9.59 Å². The molecule has 0 unspecified atom stereocenters. The van der Waals surface area contributed by atoms with Gasteiger partial charge in [0.05, 0.1) is 17.9 Å². The highest BCUT2D eigenvalue weighted by Gasteiger charge is 2.27. The number of amides is 2. The molecule has 92 valence electrons. The summed E-state index contributed by atoms with van der Waals surface area (Å²) in [6, 6.07) is 0. The number of anilines is 1. The smallest absolute Gasteiger partial charge is 0.272 e. The third kappa shape index (κ3) is 2.02. The molecule has 0 saturated heterocycles. The van der Waals surface area contributed by atoms with Crippen molar-refractivity contribution in [3.8, 4) is 0 Å². The van der Waals surface area contributed by atoms with Crippen LogP contribution in [0.15, 0.2) is 0 Å². The fourth-order valence-corrected chi connectivity index (χ4v) is 1.94. The fraction of sp³-hybridized carbons (Fsp3) is 0.545. The molecule has 0 bridgehead atoms. The van der Waals surface area contributed by atoms with Crippen LogP contribution in [0.2, 0.25) is 0 Å². The minimum absolute atomic E-state index is 0.0167. The zero-order valence-electron chi connectivity index (χ0n) is 10.0. The summed E-state index contributed by atoms with van der Waals surface area (Å²) in [5, 5.41) is 9.69. The standard InChI is InChI=1S/C11H16N4O2/c1-3-5-7-9-10(15(4-2)14-7)11(17)12-6-8(16)13-9/h3-6H2,1-2H3,(H,12,17)(H,13,16). The monoisotopic (exact) mass is 236 g/mol. The van der Waals surface area contributed by atoms with Gasteiger partial charge in [0.25, 0.3) is 5.91 Å². The molecular formula is C11H16N4O2. The van der Waals surface area contributed by atoms with Crippen LogP contribution in [0, 0.1) is 0 Å². The number of nitrogens with zero attached hydrogens (tertiary/aromatic N) is 2. The van der Waals surface area contributed by atoms with Gasteiger partial charge >= 0.3 is 0 Å². The van der Waals surface area contributed by atoms with E-state index in [0.29, 0.717) is 17.9 Å². The van der Waals surface area contributed by atoms with Crippen LogP contribution in [-0.2, 0) is 17.8 Å². The van der Waals surface area contributed by atoms with Gasteiger partial charge in [-0.3, -0.25) is 14.3 Å². The van der Waals surface area contributed by atoms with Gasteiger partial charge in [-0.05, 0) is 13.3 Å². The Bertz CT molecular complexity index is 464. The summed E-state index contributed by atoms with van der Waals surface area (Å²) >= 11 is 0. The van der Waals surface area contributed by atoms with E-state index < -0.39 is 0 Å². The molecule has 0 aliphatic carbocycles. The van der Waals surface area contributed by atoms with Crippen molar-refractivity contribution in [3.63, 3.8) is 0 Å². The molecule has 0 aromatic carbocycles. The van der Waals surface area contributed by atoms with Crippen LogP contribution in [0.5, 0.6) is 0 Å². The summed E-state index contributed by atoms with van der Waals surface area (Å²) in [4.78, 5) is 23.4. The number of carbonyl (C=O) groups is 2. The molecule has 2 rings (SSSR count). The molecule has 2 heterocycles. The highest BCUT2D eigenvalue weighted by atomic mass is 16.2. The lowest BCUT2D eigenvalue weighted by molar-refractivity contribution is -0.115. The van der Waals surface area contributed by atoms with Crippen LogP contribution >= 0.6 is 0 Å². The van der Waals surface area contributed by atoms with Gasteiger partial charge in [0.15, 0.2) is 0 Å². The van der Waals surface area contributed by atoms with Crippen molar-refractivity contribution in [3.05, 3.63) is 11.4 Å². The number of aryl methyl sites for hydroxylation is 2. The van der Waals surface area contributed by atoms with Gasteiger partial charge in [0.2, 0.25) is 5.91 Å². The SMILES string of the molecule is CCCc1nn(CC)c2c1NC(=O)CNC2=O. The quantitative estimate of drug-likeness (QED) is 0.804. The van der Waals surface area contributed by atoms with Crippen LogP contribution < -0.4 is 10.6 Å². The predicted molar refractivity (Wildman–Crippen MR) is 62.9 cm³/mol. The van der Waals surface area contributed by atoms with Crippen molar-refractivity contribution in [2.45, 2.75) is 33.2 Å². The summed E-state index contributed by atoms with van der Waals surface area (Å²) < 4.78 is 1.64. The minimum Gasteiger partial charge on any atom is -0.342 e. The van der Waals surface area contributed by atoms with Gasteiger partial charge in [0.1, 0.15) is 5.69 Å². The largest absolute Gasteiger partial charge is 0.342 e. The highest BCUT2D eigenvalue weighted by molar-refractivity contribution is 6.08. The molecule has 0 radical (unpaired) electrons. The second-order valence-electron chi connectivity index (χ2n) is 3.97. The number of nitrogens with one attached hydrogen (secondary N) is 2. The summed E-state index contributed by atoms with van der Waals surface area (Å²) in [5.41, 5.74) is 1.82. The maximum Gasteiger partial charge on any atom is 0.272 e. The van der Waals surface area contributed by atoms with E-state index in [0.717, 1.165) is 18.5 Å². The van der Waals surface area contributed by atoms with Gasteiger partial charge in [-0.2, -0.15) is 5.10 Å². The predicted octanol–water partition coefficient (Wildman–Crippen LogP) is 0.537. The normalized spacial score (nSPS) is 14.9. The first-order chi connectivity index (χ1) is 8.17. The van der Waals surface area contributed by atoms with Crippen LogP contribution in [-0.4, -0.2) is 28.1 Å². The Morgan fingerprint density at radius 1 is 1.35 bits per heavy atom. The molecule has 0 saturated carbocycles. The summed E-state index contributed by atoms with van der Waals surface area (Å²) in [5.74, 6) is -0.444. The zero-order chi connectivity index (χ0) is 12.4. The first-order valence-corrected chi connectivity index (χ1v) is 5.85. The number of hydrogen-bond donors (Lipinski definition) is 2. The Kier molecular flexibility index (Phi) is 3.12. The van der Waals surface area contributed by atoms with Crippen molar-refractivity contribution in [2.75, 3.05) is 11.9 Å². The molecule has 6 nitrogen and oxygen atoms in total. The topological polar surface area (TPSA) is 76.0 Å². The minimum atomic E-state index is -0.241. The van der Waals surface area contributed by atoms with E-state index in [1.165, 1.54) is 0 Å². The van der Waals surface area contributed by atoms with Crippen molar-refractivity contribution in [1.82, 2.24) is 15.1 Å². The molecule has 2 N–H and O–H groups in total. The lowest BCUT2D eigenvalue weighted by Crippen LogP contribution is -2.30. The Balaban J connectivity index is 2.53. The lowest BCUT2D eigenvalue weighted by atomic mass is 10.2. The van der Waals surface area contributed by atoms with Gasteiger partial charge in [-0.15, -0.1) is 0 Å². The number of fused-ring (bicyclic) bond motifs is 1. The van der Waals surface area contributed by atoms with Gasteiger partial charge in [0, 0.05) is 6.54 Å². The molecule has 17 heavy (non-hydrogen) atoms. The first kappa shape index (κ1) is 11.6. The number of carbonyl (C=O) groups excluding carboxylic acids is 2. The highest BCUT2D eigenvalue weighted by Crippen LogP contribution is 2.23. The third-order valence-electron chi connectivity index (χ3n) is 2.70. The van der Waals surface area contributed by atoms with Gasteiger partial charge < -0.3 is 10.6 Å². The van der Waals surface area contributed by atoms with E-state index in [1.54, 1.807) is 4.68 Å². The zero-order valence-corrected chi connectivity index (χ0v) is 10.0. The molecule has 1 aromatic rings. The molecule has 6 heteroatoms. The Morgan fingerprint density at radius 3 is 2.76 bits per heavy atom. The molecular weight excluding hydrogens is 220 g/mol. The van der Waals surface area contributed by atoms with Crippen molar-refractivity contribution in [1.29, 1.82) is 0 Å². The van der Waals surface area contributed by atoms with E-state index in [-0.39, 0.29) is 18.4 Å². The molecule has 1 aliphatic rings. The van der Waals surface area contributed by atoms with E-state index >= 15 is 0 Å². The van der Waals surface area contributed by atoms with E-state index in [2.05, 4.69) is 15.7 Å². The number of rotatable bonds is 3. The molecule has 2 amide bonds. The first-order valence-electron chi connectivity index (χ1n) is 5.85. The van der Waals surface area contributed by atoms with Gasteiger partial charge in [-0.25, -0.2) is 0 Å². The van der Waals surface area contributed by atoms with Crippen molar-refractivity contribution in [2.24, 2.45) is 0 Å². The van der Waals surface area contributed by atoms with E-state index in [9.17, 15) is 9.59 Å². The number of aromatic nitrogens is 2. The van der Waals surface area contributed by atoms with E-state index in [4.69, 9.17) is 0 Å². The third-order valence-corrected chi connectivity index (χ3v) is 2.70. The van der Waals surface area contributed by atoms with Crippen LogP contribution in [0.1, 0.15) is 36.5 Å². The maximum atomic E-state index is 11.9. The molecule has 1 aliphatic heterocycles. The molecule has 1 aromatic heterocycles. The second kappa shape index (κ2) is 4.57. The Hall–Kier alpha value is -1.85. The summed E-state index contributed by atoms with van der Waals surface area (Å²) in [6.45, 7) is 4.58. The van der Waals surface area contributed by atoms with Crippen LogP contribution in [0.4, 0.5) is 5.69 Å². The average Bonchev–Trinajstić information content (AvgIpc) is 2.57. The average molecular weight is 236 g/mol. The Morgan fingerprint density at radius 2 is 2.12 bits per heavy atom.